The number of ether oxygens (including phenoxy) is 1. The third-order valence-corrected chi connectivity index (χ3v) is 8.77. The molecule has 0 saturated heterocycles. The summed E-state index contributed by atoms with van der Waals surface area (Å²) < 4.78 is 5.11. The van der Waals surface area contributed by atoms with Gasteiger partial charge in [-0.05, 0) is 79.6 Å². The first-order chi connectivity index (χ1) is 13.3. The minimum atomic E-state index is -0.650. The molecule has 3 fully saturated rings. The van der Waals surface area contributed by atoms with Crippen LogP contribution in [0.3, 0.4) is 0 Å². The number of carbonyl (C=O) groups excluding carboxylic acids is 1. The number of aliphatic hydroxyl groups is 3. The van der Waals surface area contributed by atoms with Gasteiger partial charge in [-0.3, -0.25) is 0 Å². The predicted molar refractivity (Wildman–Crippen MR) is 105 cm³/mol. The van der Waals surface area contributed by atoms with Crippen LogP contribution in [-0.2, 0) is 9.53 Å². The van der Waals surface area contributed by atoms with Gasteiger partial charge in [-0.25, -0.2) is 4.79 Å². The van der Waals surface area contributed by atoms with E-state index in [-0.39, 0.29) is 41.8 Å². The molecule has 1 aliphatic heterocycles. The average Bonchev–Trinajstić information content (AvgIpc) is 3.06. The fourth-order valence-electron chi connectivity index (χ4n) is 7.19. The van der Waals surface area contributed by atoms with Crippen molar-refractivity contribution in [3.8, 4) is 0 Å². The van der Waals surface area contributed by atoms with E-state index in [0.717, 1.165) is 50.5 Å². The zero-order valence-corrected chi connectivity index (χ0v) is 17.2. The fraction of sp³-hybridized carbons (Fsp3) is 0.870. The third kappa shape index (κ3) is 3.54. The molecule has 0 aromatic heterocycles. The Morgan fingerprint density at radius 3 is 2.54 bits per heavy atom. The predicted octanol–water partition coefficient (Wildman–Crippen LogP) is 2.82. The van der Waals surface area contributed by atoms with Crippen LogP contribution in [0.25, 0.3) is 0 Å². The molecule has 3 aliphatic carbocycles. The maximum Gasteiger partial charge on any atom is 0.331 e. The van der Waals surface area contributed by atoms with E-state index in [4.69, 9.17) is 4.74 Å². The maximum absolute atomic E-state index is 11.6. The summed E-state index contributed by atoms with van der Waals surface area (Å²) in [5.74, 6) is 0.965. The summed E-state index contributed by atoms with van der Waals surface area (Å²) in [6, 6.07) is 0. The van der Waals surface area contributed by atoms with Crippen LogP contribution < -0.4 is 0 Å². The zero-order valence-electron chi connectivity index (χ0n) is 17.2. The lowest BCUT2D eigenvalue weighted by molar-refractivity contribution is -0.135. The van der Waals surface area contributed by atoms with E-state index in [9.17, 15) is 20.1 Å². The SMILES string of the molecule is C[C@H]1CC[C@H]2[C@@H](CC[C@@H]3C[C@@H](O)CC[C@@]32C)[C@@H](O)C[C@H](O)[C@@H]1C1=CC(=O)OC1. The molecule has 0 radical (unpaired) electrons. The molecule has 3 saturated carbocycles. The Balaban J connectivity index is 1.60. The summed E-state index contributed by atoms with van der Waals surface area (Å²) in [4.78, 5) is 11.6. The lowest BCUT2D eigenvalue weighted by atomic mass is 9.50. The maximum atomic E-state index is 11.6. The van der Waals surface area contributed by atoms with Crippen molar-refractivity contribution in [3.05, 3.63) is 11.6 Å². The number of fused-ring (bicyclic) bond motifs is 3. The molecule has 0 bridgehead atoms. The first kappa shape index (κ1) is 20.4. The Bertz CT molecular complexity index is 630. The highest BCUT2D eigenvalue weighted by Gasteiger charge is 2.52. The molecule has 9 atom stereocenters. The van der Waals surface area contributed by atoms with Gasteiger partial charge in [0.05, 0.1) is 18.3 Å². The molecule has 3 N–H and O–H groups in total. The van der Waals surface area contributed by atoms with Crippen molar-refractivity contribution in [2.45, 2.75) is 83.5 Å². The van der Waals surface area contributed by atoms with Crippen LogP contribution in [0.4, 0.5) is 0 Å². The van der Waals surface area contributed by atoms with Crippen molar-refractivity contribution in [1.82, 2.24) is 0 Å². The van der Waals surface area contributed by atoms with Crippen LogP contribution in [-0.4, -0.2) is 46.2 Å². The Morgan fingerprint density at radius 1 is 1.04 bits per heavy atom. The van der Waals surface area contributed by atoms with Gasteiger partial charge in [0, 0.05) is 18.4 Å². The van der Waals surface area contributed by atoms with Gasteiger partial charge in [0.15, 0.2) is 0 Å². The minimum Gasteiger partial charge on any atom is -0.458 e. The van der Waals surface area contributed by atoms with E-state index in [1.54, 1.807) is 6.08 Å². The van der Waals surface area contributed by atoms with Gasteiger partial charge in [0.2, 0.25) is 0 Å². The van der Waals surface area contributed by atoms with Crippen LogP contribution >= 0.6 is 0 Å². The highest BCUT2D eigenvalue weighted by Crippen LogP contribution is 2.58. The van der Waals surface area contributed by atoms with Gasteiger partial charge in [0.1, 0.15) is 6.61 Å². The second-order valence-corrected chi connectivity index (χ2v) is 10.3. The molecule has 0 unspecified atom stereocenters. The van der Waals surface area contributed by atoms with E-state index in [2.05, 4.69) is 13.8 Å². The topological polar surface area (TPSA) is 87.0 Å². The van der Waals surface area contributed by atoms with Crippen molar-refractivity contribution >= 4 is 5.97 Å². The van der Waals surface area contributed by atoms with Gasteiger partial charge in [-0.15, -0.1) is 0 Å². The number of hydrogen-bond donors (Lipinski definition) is 3. The molecule has 4 rings (SSSR count). The quantitative estimate of drug-likeness (QED) is 0.598. The van der Waals surface area contributed by atoms with Crippen molar-refractivity contribution in [3.63, 3.8) is 0 Å². The second kappa shape index (κ2) is 7.73. The Hall–Kier alpha value is -0.910. The largest absolute Gasteiger partial charge is 0.458 e. The van der Waals surface area contributed by atoms with Crippen LogP contribution in [0.15, 0.2) is 11.6 Å². The molecule has 1 heterocycles. The molecule has 5 heteroatoms. The van der Waals surface area contributed by atoms with Crippen molar-refractivity contribution in [2.75, 3.05) is 6.61 Å². The van der Waals surface area contributed by atoms with E-state index in [1.165, 1.54) is 0 Å². The van der Waals surface area contributed by atoms with E-state index in [1.807, 2.05) is 0 Å². The summed E-state index contributed by atoms with van der Waals surface area (Å²) in [6.45, 7) is 4.82. The molecule has 4 aliphatic rings. The zero-order chi connectivity index (χ0) is 20.1. The monoisotopic (exact) mass is 392 g/mol. The van der Waals surface area contributed by atoms with Crippen LogP contribution in [0, 0.1) is 35.0 Å². The van der Waals surface area contributed by atoms with E-state index >= 15 is 0 Å². The molecular weight excluding hydrogens is 356 g/mol. The number of rotatable bonds is 1. The first-order valence-electron chi connectivity index (χ1n) is 11.2. The summed E-state index contributed by atoms with van der Waals surface area (Å²) in [6.07, 6.45) is 7.41. The minimum absolute atomic E-state index is 0.127. The van der Waals surface area contributed by atoms with Gasteiger partial charge >= 0.3 is 5.97 Å². The highest BCUT2D eigenvalue weighted by atomic mass is 16.5. The number of aliphatic hydroxyl groups excluding tert-OH is 3. The lowest BCUT2D eigenvalue weighted by Crippen LogP contribution is -2.50. The van der Waals surface area contributed by atoms with E-state index in [0.29, 0.717) is 18.3 Å². The van der Waals surface area contributed by atoms with Crippen molar-refractivity contribution in [2.24, 2.45) is 35.0 Å². The normalized spacial score (nSPS) is 49.8. The lowest BCUT2D eigenvalue weighted by Gasteiger charge is -2.55. The Kier molecular flexibility index (Phi) is 5.62. The Morgan fingerprint density at radius 2 is 1.82 bits per heavy atom. The molecule has 0 aromatic rings. The first-order valence-corrected chi connectivity index (χ1v) is 11.2. The van der Waals surface area contributed by atoms with Crippen LogP contribution in [0.5, 0.6) is 0 Å². The average molecular weight is 393 g/mol. The summed E-state index contributed by atoms with van der Waals surface area (Å²) in [7, 11) is 0. The summed E-state index contributed by atoms with van der Waals surface area (Å²) in [5.41, 5.74) is 1.05. The highest BCUT2D eigenvalue weighted by molar-refractivity contribution is 5.85. The summed E-state index contributed by atoms with van der Waals surface area (Å²) >= 11 is 0. The summed E-state index contributed by atoms with van der Waals surface area (Å²) in [5, 5.41) is 32.3. The molecule has 0 spiro atoms. The molecule has 158 valence electrons. The number of esters is 1. The van der Waals surface area contributed by atoms with Crippen molar-refractivity contribution < 1.29 is 24.9 Å². The van der Waals surface area contributed by atoms with Gasteiger partial charge in [0.25, 0.3) is 0 Å². The Labute approximate surface area is 168 Å². The second-order valence-electron chi connectivity index (χ2n) is 10.3. The molecule has 0 aromatic carbocycles. The van der Waals surface area contributed by atoms with Gasteiger partial charge in [-0.1, -0.05) is 13.8 Å². The number of carbonyl (C=O) groups is 1. The molecule has 0 amide bonds. The van der Waals surface area contributed by atoms with E-state index < -0.39 is 12.2 Å². The van der Waals surface area contributed by atoms with Gasteiger partial charge < -0.3 is 20.1 Å². The van der Waals surface area contributed by atoms with Crippen LogP contribution in [0.2, 0.25) is 0 Å². The number of cyclic esters (lactones) is 1. The standard InChI is InChI=1S/C23H36O5/c1-13-3-6-18-17(5-4-15-10-16(24)7-8-23(15,18)2)19(25)11-20(26)22(13)14-9-21(27)28-12-14/h9,13,15-20,22,24-26H,3-8,10-12H2,1-2H3/t13-,15+,16-,17+,18-,19-,20-,22-,23-/m0/s1. The number of hydrogen-bond acceptors (Lipinski definition) is 5. The smallest absolute Gasteiger partial charge is 0.331 e. The van der Waals surface area contributed by atoms with Crippen molar-refractivity contribution in [1.29, 1.82) is 0 Å². The fourth-order valence-corrected chi connectivity index (χ4v) is 7.19. The molecule has 28 heavy (non-hydrogen) atoms. The molecule has 5 nitrogen and oxygen atoms in total. The molecular formula is C23H36O5. The van der Waals surface area contributed by atoms with Crippen LogP contribution in [0.1, 0.15) is 65.2 Å². The third-order valence-electron chi connectivity index (χ3n) is 8.77. The van der Waals surface area contributed by atoms with Gasteiger partial charge in [-0.2, -0.15) is 0 Å².